The van der Waals surface area contributed by atoms with Gasteiger partial charge in [-0.3, -0.25) is 14.4 Å². The molecule has 1 aromatic rings. The Hall–Kier alpha value is -2.41. The largest absolute Gasteiger partial charge is 0.481 e. The van der Waals surface area contributed by atoms with Gasteiger partial charge in [0.2, 0.25) is 11.8 Å². The summed E-state index contributed by atoms with van der Waals surface area (Å²) in [5, 5.41) is 11.7. The zero-order valence-corrected chi connectivity index (χ0v) is 13.0. The number of nitrogens with one attached hydrogen (secondary N) is 1. The Morgan fingerprint density at radius 1 is 1.39 bits per heavy atom. The quantitative estimate of drug-likeness (QED) is 0.735. The fraction of sp³-hybridized carbons (Fsp3) is 0.438. The van der Waals surface area contributed by atoms with Crippen LogP contribution in [0.15, 0.2) is 18.2 Å². The number of carbonyl (C=O) groups is 3. The van der Waals surface area contributed by atoms with Crippen LogP contribution in [-0.4, -0.2) is 41.4 Å². The molecule has 124 valence electrons. The number of nitrogens with two attached hydrogens (primary N) is 1. The number of fused-ring (bicyclic) bond motifs is 1. The second-order valence-corrected chi connectivity index (χ2v) is 5.76. The van der Waals surface area contributed by atoms with Crippen molar-refractivity contribution in [3.8, 4) is 0 Å². The highest BCUT2D eigenvalue weighted by Gasteiger charge is 2.29. The van der Waals surface area contributed by atoms with Crippen molar-refractivity contribution in [2.75, 3.05) is 18.9 Å². The predicted molar refractivity (Wildman–Crippen MR) is 84.7 cm³/mol. The summed E-state index contributed by atoms with van der Waals surface area (Å²) >= 11 is 0. The van der Waals surface area contributed by atoms with Crippen molar-refractivity contribution in [1.29, 1.82) is 0 Å². The molecular formula is C16H21N3O4. The summed E-state index contributed by atoms with van der Waals surface area (Å²) in [5.41, 5.74) is 7.85. The van der Waals surface area contributed by atoms with Crippen LogP contribution in [0.2, 0.25) is 0 Å². The van der Waals surface area contributed by atoms with E-state index in [1.165, 1.54) is 4.90 Å². The molecule has 2 amide bonds. The third-order valence-electron chi connectivity index (χ3n) is 3.88. The minimum Gasteiger partial charge on any atom is -0.481 e. The van der Waals surface area contributed by atoms with Crippen molar-refractivity contribution in [2.24, 2.45) is 11.7 Å². The topological polar surface area (TPSA) is 113 Å². The maximum atomic E-state index is 12.3. The van der Waals surface area contributed by atoms with E-state index in [1.54, 1.807) is 13.1 Å². The number of nitrogens with zero attached hydrogens (tertiary/aromatic N) is 1. The number of carboxylic acids is 1. The number of carboxylic acid groups (broad SMARTS) is 1. The number of rotatable bonds is 5. The molecule has 0 radical (unpaired) electrons. The number of hydrogen-bond acceptors (Lipinski definition) is 4. The van der Waals surface area contributed by atoms with Crippen molar-refractivity contribution >= 4 is 23.5 Å². The van der Waals surface area contributed by atoms with E-state index in [2.05, 4.69) is 5.32 Å². The minimum atomic E-state index is -0.981. The average molecular weight is 319 g/mol. The fourth-order valence-electron chi connectivity index (χ4n) is 2.77. The van der Waals surface area contributed by atoms with Crippen molar-refractivity contribution in [1.82, 2.24) is 4.90 Å². The Balaban J connectivity index is 2.23. The average Bonchev–Trinajstić information content (AvgIpc) is 2.57. The molecule has 1 atom stereocenters. The maximum absolute atomic E-state index is 12.3. The van der Waals surface area contributed by atoms with Gasteiger partial charge in [0.1, 0.15) is 0 Å². The lowest BCUT2D eigenvalue weighted by Gasteiger charge is -2.18. The molecule has 1 aromatic carbocycles. The molecule has 1 aliphatic heterocycles. The fourth-order valence-corrected chi connectivity index (χ4v) is 2.77. The van der Waals surface area contributed by atoms with Crippen LogP contribution < -0.4 is 11.1 Å². The highest BCUT2D eigenvalue weighted by molar-refractivity contribution is 5.91. The molecule has 7 nitrogen and oxygen atoms in total. The number of aliphatic carboxylic acids is 1. The van der Waals surface area contributed by atoms with E-state index in [4.69, 9.17) is 10.8 Å². The highest BCUT2D eigenvalue weighted by Crippen LogP contribution is 2.26. The minimum absolute atomic E-state index is 0.158. The zero-order chi connectivity index (χ0) is 17.0. The van der Waals surface area contributed by atoms with Crippen LogP contribution in [0.3, 0.4) is 0 Å². The molecule has 4 N–H and O–H groups in total. The SMILES string of the molecule is CN1Cc2cc(NC(=O)CCN)ccc2CC(CC(=O)O)C1=O. The molecule has 1 unspecified atom stereocenters. The van der Waals surface area contributed by atoms with E-state index in [9.17, 15) is 14.4 Å². The molecule has 0 saturated carbocycles. The Morgan fingerprint density at radius 2 is 2.13 bits per heavy atom. The lowest BCUT2D eigenvalue weighted by atomic mass is 9.94. The summed E-state index contributed by atoms with van der Waals surface area (Å²) < 4.78 is 0. The summed E-state index contributed by atoms with van der Waals surface area (Å²) in [4.78, 5) is 36.4. The second kappa shape index (κ2) is 7.23. The maximum Gasteiger partial charge on any atom is 0.304 e. The monoisotopic (exact) mass is 319 g/mol. The number of anilines is 1. The molecule has 2 rings (SSSR count). The van der Waals surface area contributed by atoms with Gasteiger partial charge in [0, 0.05) is 32.2 Å². The molecule has 0 fully saturated rings. The Bertz CT molecular complexity index is 630. The lowest BCUT2D eigenvalue weighted by Crippen LogP contribution is -2.32. The van der Waals surface area contributed by atoms with Crippen LogP contribution in [0.4, 0.5) is 5.69 Å². The normalized spacial score (nSPS) is 17.4. The smallest absolute Gasteiger partial charge is 0.304 e. The lowest BCUT2D eigenvalue weighted by molar-refractivity contribution is -0.143. The zero-order valence-electron chi connectivity index (χ0n) is 13.0. The Labute approximate surface area is 134 Å². The molecule has 23 heavy (non-hydrogen) atoms. The van der Waals surface area contributed by atoms with Crippen LogP contribution in [0.5, 0.6) is 0 Å². The van der Waals surface area contributed by atoms with Gasteiger partial charge in [-0.2, -0.15) is 0 Å². The highest BCUT2D eigenvalue weighted by atomic mass is 16.4. The van der Waals surface area contributed by atoms with E-state index in [0.29, 0.717) is 18.7 Å². The van der Waals surface area contributed by atoms with Gasteiger partial charge in [0.05, 0.1) is 12.3 Å². The molecule has 0 aromatic heterocycles. The third kappa shape index (κ3) is 4.29. The molecule has 1 heterocycles. The standard InChI is InChI=1S/C16H21N3O4/c1-19-9-12-7-13(18-14(20)4-5-17)3-2-10(12)6-11(16(19)23)8-15(21)22/h2-3,7,11H,4-6,8-9,17H2,1H3,(H,18,20)(H,21,22). The molecule has 7 heteroatoms. The molecule has 1 aliphatic rings. The van der Waals surface area contributed by atoms with Gasteiger partial charge >= 0.3 is 5.97 Å². The van der Waals surface area contributed by atoms with Gasteiger partial charge in [0.15, 0.2) is 0 Å². The summed E-state index contributed by atoms with van der Waals surface area (Å²) in [6.45, 7) is 0.676. The van der Waals surface area contributed by atoms with Crippen molar-refractivity contribution in [3.63, 3.8) is 0 Å². The van der Waals surface area contributed by atoms with Crippen LogP contribution in [0.1, 0.15) is 24.0 Å². The number of carbonyl (C=O) groups excluding carboxylic acids is 2. The van der Waals surface area contributed by atoms with Gasteiger partial charge in [-0.25, -0.2) is 0 Å². The first kappa shape index (κ1) is 17.0. The van der Waals surface area contributed by atoms with Crippen LogP contribution in [-0.2, 0) is 27.3 Å². The van der Waals surface area contributed by atoms with Gasteiger partial charge in [-0.1, -0.05) is 6.07 Å². The van der Waals surface area contributed by atoms with Gasteiger partial charge in [0.25, 0.3) is 0 Å². The van der Waals surface area contributed by atoms with Gasteiger partial charge in [-0.15, -0.1) is 0 Å². The van der Waals surface area contributed by atoms with Crippen molar-refractivity contribution < 1.29 is 19.5 Å². The first-order chi connectivity index (χ1) is 10.9. The Kier molecular flexibility index (Phi) is 5.33. The molecule has 0 spiro atoms. The summed E-state index contributed by atoms with van der Waals surface area (Å²) in [5.74, 6) is -1.87. The summed E-state index contributed by atoms with van der Waals surface area (Å²) in [6.07, 6.45) is 0.454. The van der Waals surface area contributed by atoms with E-state index in [-0.39, 0.29) is 31.2 Å². The number of amides is 2. The van der Waals surface area contributed by atoms with E-state index in [1.807, 2.05) is 12.1 Å². The van der Waals surface area contributed by atoms with Crippen LogP contribution in [0, 0.1) is 5.92 Å². The van der Waals surface area contributed by atoms with E-state index >= 15 is 0 Å². The number of benzene rings is 1. The summed E-state index contributed by atoms with van der Waals surface area (Å²) in [6, 6.07) is 5.44. The van der Waals surface area contributed by atoms with Crippen LogP contribution in [0.25, 0.3) is 0 Å². The van der Waals surface area contributed by atoms with Crippen molar-refractivity contribution in [2.45, 2.75) is 25.8 Å². The first-order valence-corrected chi connectivity index (χ1v) is 7.49. The second-order valence-electron chi connectivity index (χ2n) is 5.76. The van der Waals surface area contributed by atoms with E-state index in [0.717, 1.165) is 11.1 Å². The molecule has 0 saturated heterocycles. The molecular weight excluding hydrogens is 298 g/mol. The summed E-state index contributed by atoms with van der Waals surface area (Å²) in [7, 11) is 1.66. The predicted octanol–water partition coefficient (Wildman–Crippen LogP) is 0.579. The first-order valence-electron chi connectivity index (χ1n) is 7.49. The van der Waals surface area contributed by atoms with Crippen molar-refractivity contribution in [3.05, 3.63) is 29.3 Å². The molecule has 0 aliphatic carbocycles. The number of hydrogen-bond donors (Lipinski definition) is 3. The third-order valence-corrected chi connectivity index (χ3v) is 3.88. The van der Waals surface area contributed by atoms with E-state index < -0.39 is 11.9 Å². The van der Waals surface area contributed by atoms with Gasteiger partial charge < -0.3 is 21.1 Å². The molecule has 0 bridgehead atoms. The Morgan fingerprint density at radius 3 is 2.78 bits per heavy atom. The van der Waals surface area contributed by atoms with Crippen LogP contribution >= 0.6 is 0 Å². The van der Waals surface area contributed by atoms with Gasteiger partial charge in [-0.05, 0) is 29.7 Å².